The van der Waals surface area contributed by atoms with Gasteiger partial charge >= 0.3 is 5.97 Å². The van der Waals surface area contributed by atoms with Crippen LogP contribution in [0, 0.1) is 0 Å². The van der Waals surface area contributed by atoms with Gasteiger partial charge in [-0.05, 0) is 24.1 Å². The lowest BCUT2D eigenvalue weighted by atomic mass is 10.1. The molecule has 0 fully saturated rings. The number of carboxylic acid groups (broad SMARTS) is 1. The fourth-order valence-corrected chi connectivity index (χ4v) is 1.54. The van der Waals surface area contributed by atoms with Crippen LogP contribution in [0.15, 0.2) is 22.6 Å². The predicted octanol–water partition coefficient (Wildman–Crippen LogP) is 2.28. The zero-order valence-corrected chi connectivity index (χ0v) is 8.28. The number of hydrogen-bond donors (Lipinski definition) is 2. The van der Waals surface area contributed by atoms with Gasteiger partial charge in [0.25, 0.3) is 0 Å². The maximum Gasteiger partial charge on any atom is 0.374 e. The number of hydrogen-bond acceptors (Lipinski definition) is 3. The minimum atomic E-state index is -1.14. The van der Waals surface area contributed by atoms with E-state index in [4.69, 9.17) is 15.3 Å². The summed E-state index contributed by atoms with van der Waals surface area (Å²) in [6.07, 6.45) is 0.878. The summed E-state index contributed by atoms with van der Waals surface area (Å²) in [6.45, 7) is 2.02. The molecule has 0 atom stereocenters. The molecule has 1 heterocycles. The Hall–Kier alpha value is -1.97. The van der Waals surface area contributed by atoms with E-state index >= 15 is 0 Å². The van der Waals surface area contributed by atoms with Gasteiger partial charge in [0, 0.05) is 5.39 Å². The van der Waals surface area contributed by atoms with Crippen molar-refractivity contribution in [2.75, 3.05) is 5.73 Å². The first kappa shape index (κ1) is 9.58. The Bertz CT molecular complexity index is 528. The number of benzene rings is 1. The second-order valence-electron chi connectivity index (χ2n) is 3.33. The molecule has 1 aromatic heterocycles. The van der Waals surface area contributed by atoms with Crippen molar-refractivity contribution in [1.29, 1.82) is 0 Å². The average Bonchev–Trinajstić information content (AvgIpc) is 2.56. The average molecular weight is 205 g/mol. The first-order valence-electron chi connectivity index (χ1n) is 4.67. The van der Waals surface area contributed by atoms with E-state index < -0.39 is 5.97 Å². The van der Waals surface area contributed by atoms with Gasteiger partial charge in [-0.25, -0.2) is 4.79 Å². The number of nitrogens with two attached hydrogens (primary N) is 1. The lowest BCUT2D eigenvalue weighted by Gasteiger charge is -1.95. The van der Waals surface area contributed by atoms with Crippen LogP contribution in [-0.4, -0.2) is 11.1 Å². The van der Waals surface area contributed by atoms with Crippen LogP contribution in [0.4, 0.5) is 5.69 Å². The normalized spacial score (nSPS) is 10.7. The smallest absolute Gasteiger partial charge is 0.374 e. The van der Waals surface area contributed by atoms with Gasteiger partial charge in [-0.15, -0.1) is 0 Å². The molecule has 0 bridgehead atoms. The maximum atomic E-state index is 10.8. The summed E-state index contributed by atoms with van der Waals surface area (Å²) in [4.78, 5) is 10.8. The van der Waals surface area contributed by atoms with Gasteiger partial charge in [0.15, 0.2) is 0 Å². The van der Waals surface area contributed by atoms with Crippen molar-refractivity contribution in [3.63, 3.8) is 0 Å². The van der Waals surface area contributed by atoms with Gasteiger partial charge in [-0.3, -0.25) is 0 Å². The third-order valence-corrected chi connectivity index (χ3v) is 2.39. The quantitative estimate of drug-likeness (QED) is 0.788. The number of nitrogen functional groups attached to an aromatic ring is 1. The lowest BCUT2D eigenvalue weighted by molar-refractivity contribution is 0.0666. The fourth-order valence-electron chi connectivity index (χ4n) is 1.54. The first-order valence-corrected chi connectivity index (χ1v) is 4.67. The molecule has 78 valence electrons. The van der Waals surface area contributed by atoms with E-state index in [0.717, 1.165) is 12.0 Å². The van der Waals surface area contributed by atoms with Crippen LogP contribution in [0.25, 0.3) is 11.0 Å². The highest BCUT2D eigenvalue weighted by Gasteiger charge is 2.17. The van der Waals surface area contributed by atoms with E-state index in [2.05, 4.69) is 0 Å². The summed E-state index contributed by atoms with van der Waals surface area (Å²) in [5, 5.41) is 9.49. The van der Waals surface area contributed by atoms with Crippen molar-refractivity contribution in [3.8, 4) is 0 Å². The number of carboxylic acids is 1. The third kappa shape index (κ3) is 1.44. The van der Waals surface area contributed by atoms with Crippen LogP contribution in [0.3, 0.4) is 0 Å². The molecular formula is C11H11NO3. The molecule has 0 saturated carbocycles. The zero-order valence-electron chi connectivity index (χ0n) is 8.28. The Morgan fingerprint density at radius 1 is 1.53 bits per heavy atom. The van der Waals surface area contributed by atoms with Crippen molar-refractivity contribution in [2.24, 2.45) is 0 Å². The molecule has 2 rings (SSSR count). The highest BCUT2D eigenvalue weighted by molar-refractivity contribution is 6.02. The van der Waals surface area contributed by atoms with E-state index in [1.165, 1.54) is 0 Å². The topological polar surface area (TPSA) is 76.5 Å². The van der Waals surface area contributed by atoms with Gasteiger partial charge < -0.3 is 15.3 Å². The van der Waals surface area contributed by atoms with Crippen LogP contribution in [-0.2, 0) is 6.42 Å². The molecule has 3 N–H and O–H groups in total. The highest BCUT2D eigenvalue weighted by atomic mass is 16.4. The highest BCUT2D eigenvalue weighted by Crippen LogP contribution is 2.29. The Kier molecular flexibility index (Phi) is 2.11. The second-order valence-corrected chi connectivity index (χ2v) is 3.33. The van der Waals surface area contributed by atoms with Crippen LogP contribution < -0.4 is 5.73 Å². The fraction of sp³-hybridized carbons (Fsp3) is 0.182. The number of aromatic carboxylic acids is 1. The Labute approximate surface area is 86.3 Å². The number of carbonyl (C=O) groups is 1. The Balaban J connectivity index is 2.72. The predicted molar refractivity (Wildman–Crippen MR) is 57.0 cm³/mol. The standard InChI is InChI=1S/C11H11NO3/c1-2-6-3-4-8-7(5-6)9(12)10(15-8)11(13)14/h3-5H,2,12H2,1H3,(H,13,14). The third-order valence-electron chi connectivity index (χ3n) is 2.39. The van der Waals surface area contributed by atoms with Gasteiger partial charge in [0.1, 0.15) is 5.58 Å². The Morgan fingerprint density at radius 2 is 2.27 bits per heavy atom. The van der Waals surface area contributed by atoms with E-state index in [0.29, 0.717) is 11.0 Å². The van der Waals surface area contributed by atoms with E-state index in [1.54, 1.807) is 6.07 Å². The van der Waals surface area contributed by atoms with Crippen molar-refractivity contribution >= 4 is 22.6 Å². The van der Waals surface area contributed by atoms with Gasteiger partial charge in [-0.1, -0.05) is 13.0 Å². The van der Waals surface area contributed by atoms with E-state index in [1.807, 2.05) is 19.1 Å². The van der Waals surface area contributed by atoms with Gasteiger partial charge in [-0.2, -0.15) is 0 Å². The molecule has 0 aliphatic carbocycles. The molecule has 0 saturated heterocycles. The zero-order chi connectivity index (χ0) is 11.0. The summed E-state index contributed by atoms with van der Waals surface area (Å²) < 4.78 is 5.14. The summed E-state index contributed by atoms with van der Waals surface area (Å²) in [7, 11) is 0. The summed E-state index contributed by atoms with van der Waals surface area (Å²) in [5.41, 5.74) is 7.51. The molecule has 15 heavy (non-hydrogen) atoms. The number of aryl methyl sites for hydroxylation is 1. The molecule has 0 unspecified atom stereocenters. The van der Waals surface area contributed by atoms with Crippen molar-refractivity contribution in [2.45, 2.75) is 13.3 Å². The van der Waals surface area contributed by atoms with Crippen molar-refractivity contribution < 1.29 is 14.3 Å². The van der Waals surface area contributed by atoms with Crippen LogP contribution in [0.5, 0.6) is 0 Å². The van der Waals surface area contributed by atoms with E-state index in [-0.39, 0.29) is 11.4 Å². The largest absolute Gasteiger partial charge is 0.475 e. The molecule has 0 aliphatic rings. The van der Waals surface area contributed by atoms with Crippen molar-refractivity contribution in [1.82, 2.24) is 0 Å². The molecule has 0 amide bonds. The minimum absolute atomic E-state index is 0.182. The van der Waals surface area contributed by atoms with Crippen molar-refractivity contribution in [3.05, 3.63) is 29.5 Å². The van der Waals surface area contributed by atoms with E-state index in [9.17, 15) is 4.79 Å². The second kappa shape index (κ2) is 3.31. The molecular weight excluding hydrogens is 194 g/mol. The minimum Gasteiger partial charge on any atom is -0.475 e. The maximum absolute atomic E-state index is 10.8. The molecule has 1 aromatic carbocycles. The monoisotopic (exact) mass is 205 g/mol. The number of fused-ring (bicyclic) bond motifs is 1. The molecule has 4 heteroatoms. The molecule has 0 aliphatic heterocycles. The number of anilines is 1. The summed E-state index contributed by atoms with van der Waals surface area (Å²) in [5.74, 6) is -1.32. The Morgan fingerprint density at radius 3 is 2.87 bits per heavy atom. The van der Waals surface area contributed by atoms with Gasteiger partial charge in [0.2, 0.25) is 5.76 Å². The number of rotatable bonds is 2. The molecule has 2 aromatic rings. The van der Waals surface area contributed by atoms with Gasteiger partial charge in [0.05, 0.1) is 5.69 Å². The van der Waals surface area contributed by atoms with Crippen LogP contribution in [0.1, 0.15) is 23.0 Å². The SMILES string of the molecule is CCc1ccc2oc(C(=O)O)c(N)c2c1. The molecule has 4 nitrogen and oxygen atoms in total. The molecule has 0 radical (unpaired) electrons. The summed E-state index contributed by atoms with van der Waals surface area (Å²) >= 11 is 0. The number of furan rings is 1. The summed E-state index contributed by atoms with van der Waals surface area (Å²) in [6, 6.07) is 5.51. The first-order chi connectivity index (χ1) is 7.13. The lowest BCUT2D eigenvalue weighted by Crippen LogP contribution is -1.98. The van der Waals surface area contributed by atoms with Crippen LogP contribution >= 0.6 is 0 Å². The molecule has 0 spiro atoms. The van der Waals surface area contributed by atoms with Crippen LogP contribution in [0.2, 0.25) is 0 Å².